The van der Waals surface area contributed by atoms with Crippen molar-refractivity contribution in [3.63, 3.8) is 0 Å². The number of nitrogens with zero attached hydrogens (tertiary/aromatic N) is 2. The molecule has 1 aromatic carbocycles. The Balaban J connectivity index is 1.67. The summed E-state index contributed by atoms with van der Waals surface area (Å²) in [5, 5.41) is 2.87. The van der Waals surface area contributed by atoms with Crippen LogP contribution < -0.4 is 0 Å². The first kappa shape index (κ1) is 14.7. The summed E-state index contributed by atoms with van der Waals surface area (Å²) in [5.74, 6) is 0.134. The van der Waals surface area contributed by atoms with E-state index in [4.69, 9.17) is 4.74 Å². The first-order valence-electron chi connectivity index (χ1n) is 6.78. The number of carbonyl (C=O) groups is 1. The number of ether oxygens (including phenoxy) is 1. The van der Waals surface area contributed by atoms with E-state index in [9.17, 15) is 4.79 Å². The zero-order valence-corrected chi connectivity index (χ0v) is 13.8. The Morgan fingerprint density at radius 3 is 2.71 bits per heavy atom. The molecule has 4 nitrogen and oxygen atoms in total. The third-order valence-corrected chi connectivity index (χ3v) is 4.74. The van der Waals surface area contributed by atoms with Crippen LogP contribution in [-0.2, 0) is 16.0 Å². The molecular formula is C15H15BrN2O2S. The van der Waals surface area contributed by atoms with Crippen molar-refractivity contribution in [2.45, 2.75) is 6.42 Å². The van der Waals surface area contributed by atoms with Gasteiger partial charge >= 0.3 is 0 Å². The number of carbonyl (C=O) groups excluding carboxylic acids is 1. The second-order valence-electron chi connectivity index (χ2n) is 4.80. The molecule has 0 aliphatic carbocycles. The summed E-state index contributed by atoms with van der Waals surface area (Å²) in [4.78, 5) is 18.6. The Kier molecular flexibility index (Phi) is 4.67. The average molecular weight is 367 g/mol. The van der Waals surface area contributed by atoms with Crippen molar-refractivity contribution in [1.29, 1.82) is 0 Å². The lowest BCUT2D eigenvalue weighted by atomic mass is 10.2. The Morgan fingerprint density at radius 1 is 1.29 bits per heavy atom. The van der Waals surface area contributed by atoms with Crippen LogP contribution in [0.2, 0.25) is 0 Å². The summed E-state index contributed by atoms with van der Waals surface area (Å²) in [5.41, 5.74) is 2.00. The summed E-state index contributed by atoms with van der Waals surface area (Å²) in [6.07, 6.45) is 0.376. The Bertz CT molecular complexity index is 621. The standard InChI is InChI=1S/C15H15BrN2O2S/c16-12-3-1-11(2-4-12)13-10-21-14(17-13)9-15(19)18-5-7-20-8-6-18/h1-4,10H,5-9H2. The fourth-order valence-corrected chi connectivity index (χ4v) is 3.26. The number of halogens is 1. The van der Waals surface area contributed by atoms with Gasteiger partial charge in [0, 0.05) is 28.5 Å². The minimum atomic E-state index is 0.134. The van der Waals surface area contributed by atoms with E-state index in [0.717, 1.165) is 20.7 Å². The van der Waals surface area contributed by atoms with E-state index < -0.39 is 0 Å². The number of rotatable bonds is 3. The quantitative estimate of drug-likeness (QED) is 0.838. The monoisotopic (exact) mass is 366 g/mol. The predicted octanol–water partition coefficient (Wildman–Crippen LogP) is 2.97. The minimum absolute atomic E-state index is 0.134. The van der Waals surface area contributed by atoms with Gasteiger partial charge in [-0.3, -0.25) is 4.79 Å². The van der Waals surface area contributed by atoms with Crippen molar-refractivity contribution >= 4 is 33.2 Å². The normalized spacial score (nSPS) is 15.2. The van der Waals surface area contributed by atoms with Crippen LogP contribution in [-0.4, -0.2) is 42.1 Å². The zero-order valence-electron chi connectivity index (χ0n) is 11.4. The maximum atomic E-state index is 12.2. The van der Waals surface area contributed by atoms with Gasteiger partial charge in [0.1, 0.15) is 5.01 Å². The van der Waals surface area contributed by atoms with Crippen LogP contribution in [0.5, 0.6) is 0 Å². The molecule has 0 N–H and O–H groups in total. The third-order valence-electron chi connectivity index (χ3n) is 3.36. The minimum Gasteiger partial charge on any atom is -0.378 e. The largest absolute Gasteiger partial charge is 0.378 e. The number of thiazole rings is 1. The molecule has 0 radical (unpaired) electrons. The van der Waals surface area contributed by atoms with Crippen LogP contribution in [0.1, 0.15) is 5.01 Å². The maximum Gasteiger partial charge on any atom is 0.229 e. The van der Waals surface area contributed by atoms with E-state index in [0.29, 0.717) is 32.7 Å². The second-order valence-corrected chi connectivity index (χ2v) is 6.66. The molecule has 0 spiro atoms. The zero-order chi connectivity index (χ0) is 14.7. The van der Waals surface area contributed by atoms with Crippen LogP contribution >= 0.6 is 27.3 Å². The van der Waals surface area contributed by atoms with Crippen molar-refractivity contribution in [2.75, 3.05) is 26.3 Å². The van der Waals surface area contributed by atoms with Gasteiger partial charge in [-0.15, -0.1) is 11.3 Å². The van der Waals surface area contributed by atoms with Gasteiger partial charge in [-0.1, -0.05) is 28.1 Å². The van der Waals surface area contributed by atoms with E-state index in [-0.39, 0.29) is 5.91 Å². The van der Waals surface area contributed by atoms with E-state index in [2.05, 4.69) is 20.9 Å². The number of hydrogen-bond acceptors (Lipinski definition) is 4. The third kappa shape index (κ3) is 3.70. The average Bonchev–Trinajstić information content (AvgIpc) is 2.97. The number of benzene rings is 1. The van der Waals surface area contributed by atoms with Gasteiger partial charge in [0.05, 0.1) is 25.3 Å². The molecule has 3 rings (SSSR count). The molecule has 110 valence electrons. The van der Waals surface area contributed by atoms with Gasteiger partial charge in [-0.05, 0) is 12.1 Å². The molecule has 1 saturated heterocycles. The van der Waals surface area contributed by atoms with Crippen LogP contribution in [0.4, 0.5) is 0 Å². The van der Waals surface area contributed by atoms with Gasteiger partial charge in [-0.2, -0.15) is 0 Å². The molecule has 0 bridgehead atoms. The first-order valence-corrected chi connectivity index (χ1v) is 8.45. The molecule has 2 aromatic rings. The highest BCUT2D eigenvalue weighted by Crippen LogP contribution is 2.24. The number of aromatic nitrogens is 1. The molecule has 1 aromatic heterocycles. The Labute approximate surface area is 135 Å². The summed E-state index contributed by atoms with van der Waals surface area (Å²) in [6.45, 7) is 2.63. The van der Waals surface area contributed by atoms with Crippen LogP contribution in [0.25, 0.3) is 11.3 Å². The fraction of sp³-hybridized carbons (Fsp3) is 0.333. The Hall–Kier alpha value is -1.24. The topological polar surface area (TPSA) is 42.4 Å². The molecule has 1 aliphatic heterocycles. The van der Waals surface area contributed by atoms with E-state index in [1.807, 2.05) is 34.5 Å². The molecular weight excluding hydrogens is 352 g/mol. The maximum absolute atomic E-state index is 12.2. The van der Waals surface area contributed by atoms with Gasteiger partial charge in [0.2, 0.25) is 5.91 Å². The lowest BCUT2D eigenvalue weighted by molar-refractivity contribution is -0.134. The molecule has 0 atom stereocenters. The van der Waals surface area contributed by atoms with Gasteiger partial charge in [0.25, 0.3) is 0 Å². The van der Waals surface area contributed by atoms with Crippen LogP contribution in [0, 0.1) is 0 Å². The molecule has 0 unspecified atom stereocenters. The van der Waals surface area contributed by atoms with Gasteiger partial charge < -0.3 is 9.64 Å². The molecule has 1 aliphatic rings. The molecule has 1 amide bonds. The highest BCUT2D eigenvalue weighted by Gasteiger charge is 2.18. The van der Waals surface area contributed by atoms with Crippen molar-refractivity contribution in [3.05, 3.63) is 39.1 Å². The smallest absolute Gasteiger partial charge is 0.229 e. The predicted molar refractivity (Wildman–Crippen MR) is 86.4 cm³/mol. The molecule has 6 heteroatoms. The number of amides is 1. The molecule has 21 heavy (non-hydrogen) atoms. The molecule has 0 saturated carbocycles. The highest BCUT2D eigenvalue weighted by atomic mass is 79.9. The number of hydrogen-bond donors (Lipinski definition) is 0. The van der Waals surface area contributed by atoms with E-state index in [1.54, 1.807) is 0 Å². The highest BCUT2D eigenvalue weighted by molar-refractivity contribution is 9.10. The lowest BCUT2D eigenvalue weighted by Gasteiger charge is -2.26. The van der Waals surface area contributed by atoms with Crippen molar-refractivity contribution in [1.82, 2.24) is 9.88 Å². The van der Waals surface area contributed by atoms with Gasteiger partial charge in [-0.25, -0.2) is 4.98 Å². The van der Waals surface area contributed by atoms with E-state index >= 15 is 0 Å². The Morgan fingerprint density at radius 2 is 2.00 bits per heavy atom. The van der Waals surface area contributed by atoms with Crippen molar-refractivity contribution in [2.24, 2.45) is 0 Å². The summed E-state index contributed by atoms with van der Waals surface area (Å²) < 4.78 is 6.31. The summed E-state index contributed by atoms with van der Waals surface area (Å²) in [6, 6.07) is 8.03. The van der Waals surface area contributed by atoms with Crippen molar-refractivity contribution in [3.8, 4) is 11.3 Å². The fourth-order valence-electron chi connectivity index (χ4n) is 2.20. The number of morpholine rings is 1. The molecule has 2 heterocycles. The lowest BCUT2D eigenvalue weighted by Crippen LogP contribution is -2.41. The second kappa shape index (κ2) is 6.68. The van der Waals surface area contributed by atoms with Crippen molar-refractivity contribution < 1.29 is 9.53 Å². The first-order chi connectivity index (χ1) is 10.2. The SMILES string of the molecule is O=C(Cc1nc(-c2ccc(Br)cc2)cs1)N1CCOCC1. The summed E-state index contributed by atoms with van der Waals surface area (Å²) in [7, 11) is 0. The van der Waals surface area contributed by atoms with E-state index in [1.165, 1.54) is 11.3 Å². The van der Waals surface area contributed by atoms with Crippen LogP contribution in [0.3, 0.4) is 0 Å². The molecule has 1 fully saturated rings. The summed E-state index contributed by atoms with van der Waals surface area (Å²) >= 11 is 4.96. The van der Waals surface area contributed by atoms with Gasteiger partial charge in [0.15, 0.2) is 0 Å². The van der Waals surface area contributed by atoms with Crippen LogP contribution in [0.15, 0.2) is 34.1 Å².